The van der Waals surface area contributed by atoms with E-state index in [1.54, 1.807) is 11.3 Å². The lowest BCUT2D eigenvalue weighted by Crippen LogP contribution is -2.56. The fourth-order valence-corrected chi connectivity index (χ4v) is 7.47. The van der Waals surface area contributed by atoms with Crippen LogP contribution >= 0.6 is 11.3 Å². The third-order valence-electron chi connectivity index (χ3n) is 7.22. The highest BCUT2D eigenvalue weighted by Crippen LogP contribution is 2.62. The molecule has 4 bridgehead atoms. The van der Waals surface area contributed by atoms with E-state index in [-0.39, 0.29) is 5.41 Å². The molecular weight excluding hydrogens is 346 g/mol. The van der Waals surface area contributed by atoms with Crippen LogP contribution < -0.4 is 4.90 Å². The predicted molar refractivity (Wildman–Crippen MR) is 102 cm³/mol. The zero-order valence-corrected chi connectivity index (χ0v) is 16.2. The van der Waals surface area contributed by atoms with Crippen molar-refractivity contribution < 1.29 is 9.90 Å². The summed E-state index contributed by atoms with van der Waals surface area (Å²) >= 11 is 1.68. The summed E-state index contributed by atoms with van der Waals surface area (Å²) in [4.78, 5) is 22.0. The monoisotopic (exact) mass is 375 g/mol. The zero-order chi connectivity index (χ0) is 17.8. The molecule has 6 heteroatoms. The van der Waals surface area contributed by atoms with Gasteiger partial charge in [0.1, 0.15) is 0 Å². The molecule has 1 aromatic rings. The van der Waals surface area contributed by atoms with Crippen LogP contribution in [0.2, 0.25) is 0 Å². The summed E-state index contributed by atoms with van der Waals surface area (Å²) in [5.74, 6) is 1.62. The van der Waals surface area contributed by atoms with Crippen LogP contribution in [0, 0.1) is 17.3 Å². The maximum atomic E-state index is 13.1. The number of carbonyl (C=O) groups is 1. The molecule has 0 radical (unpaired) electrons. The van der Waals surface area contributed by atoms with Crippen LogP contribution in [-0.2, 0) is 4.79 Å². The van der Waals surface area contributed by atoms with Gasteiger partial charge < -0.3 is 14.9 Å². The molecular formula is C20H29N3O2S. The summed E-state index contributed by atoms with van der Waals surface area (Å²) in [6.07, 6.45) is 9.94. The molecule has 5 fully saturated rings. The van der Waals surface area contributed by atoms with Gasteiger partial charge in [-0.1, -0.05) is 0 Å². The van der Waals surface area contributed by atoms with E-state index in [0.29, 0.717) is 24.2 Å². The largest absolute Gasteiger partial charge is 0.390 e. The number of amides is 1. The van der Waals surface area contributed by atoms with E-state index < -0.39 is 5.60 Å². The third kappa shape index (κ3) is 3.05. The average molecular weight is 376 g/mol. The molecule has 5 aliphatic rings. The molecule has 1 amide bonds. The quantitative estimate of drug-likeness (QED) is 0.883. The minimum Gasteiger partial charge on any atom is -0.390 e. The third-order valence-corrected chi connectivity index (χ3v) is 8.05. The van der Waals surface area contributed by atoms with E-state index in [1.165, 1.54) is 6.42 Å². The Kier molecular flexibility index (Phi) is 4.05. The van der Waals surface area contributed by atoms with Crippen molar-refractivity contribution in [2.45, 2.75) is 57.0 Å². The number of carbonyl (C=O) groups excluding carboxylic acids is 1. The second kappa shape index (κ2) is 6.20. The molecule has 26 heavy (non-hydrogen) atoms. The lowest BCUT2D eigenvalue weighted by molar-refractivity contribution is -0.172. The predicted octanol–water partition coefficient (Wildman–Crippen LogP) is 2.90. The Bertz CT molecular complexity index is 663. The fraction of sp³-hybridized carbons (Fsp3) is 0.800. The summed E-state index contributed by atoms with van der Waals surface area (Å²) in [5, 5.41) is 14.0. The van der Waals surface area contributed by atoms with Gasteiger partial charge in [-0.25, -0.2) is 4.98 Å². The highest BCUT2D eigenvalue weighted by molar-refractivity contribution is 7.13. The molecule has 2 atom stereocenters. The molecule has 4 aliphatic carbocycles. The SMILES string of the molecule is O=C(CC12CC3CC(CC(O)(C3)C1)C2)N1CCCN(c2nccs2)CC1. The number of thiazole rings is 1. The molecule has 1 aliphatic heterocycles. The summed E-state index contributed by atoms with van der Waals surface area (Å²) in [6.45, 7) is 3.51. The minimum absolute atomic E-state index is 0.0806. The van der Waals surface area contributed by atoms with Crippen molar-refractivity contribution in [3.8, 4) is 0 Å². The van der Waals surface area contributed by atoms with Gasteiger partial charge in [0.25, 0.3) is 0 Å². The first-order valence-electron chi connectivity index (χ1n) is 10.2. The number of anilines is 1. The van der Waals surface area contributed by atoms with E-state index in [4.69, 9.17) is 0 Å². The van der Waals surface area contributed by atoms with Gasteiger partial charge in [-0.05, 0) is 62.2 Å². The number of hydrogen-bond donors (Lipinski definition) is 1. The molecule has 5 nitrogen and oxygen atoms in total. The lowest BCUT2D eigenvalue weighted by Gasteiger charge is -2.60. The van der Waals surface area contributed by atoms with Crippen molar-refractivity contribution in [1.82, 2.24) is 9.88 Å². The molecule has 1 saturated heterocycles. The van der Waals surface area contributed by atoms with Crippen LogP contribution in [0.5, 0.6) is 0 Å². The van der Waals surface area contributed by atoms with Crippen LogP contribution in [0.4, 0.5) is 5.13 Å². The standard InChI is InChI=1S/C20H29N3O2S/c24-17(22-3-1-4-23(6-5-22)18-21-2-7-26-18)13-19-9-15-8-16(10-19)12-20(25,11-15)14-19/h2,7,15-16,25H,1,3-6,8-14H2. The van der Waals surface area contributed by atoms with Crippen LogP contribution in [0.1, 0.15) is 51.4 Å². The second-order valence-electron chi connectivity index (χ2n) is 9.40. The summed E-state index contributed by atoms with van der Waals surface area (Å²) in [6, 6.07) is 0. The van der Waals surface area contributed by atoms with Crippen LogP contribution in [0.3, 0.4) is 0 Å². The topological polar surface area (TPSA) is 56.7 Å². The molecule has 2 heterocycles. The van der Waals surface area contributed by atoms with Crippen LogP contribution in [-0.4, -0.2) is 52.7 Å². The van der Waals surface area contributed by atoms with E-state index >= 15 is 0 Å². The first kappa shape index (κ1) is 17.0. The molecule has 1 N–H and O–H groups in total. The van der Waals surface area contributed by atoms with Crippen molar-refractivity contribution in [1.29, 1.82) is 0 Å². The van der Waals surface area contributed by atoms with Gasteiger partial charge in [0.2, 0.25) is 5.91 Å². The number of aromatic nitrogens is 1. The highest BCUT2D eigenvalue weighted by Gasteiger charge is 2.57. The normalized spacial score (nSPS) is 39.3. The second-order valence-corrected chi connectivity index (χ2v) is 10.3. The Hall–Kier alpha value is -1.14. The van der Waals surface area contributed by atoms with Crippen LogP contribution in [0.15, 0.2) is 11.6 Å². The zero-order valence-electron chi connectivity index (χ0n) is 15.4. The Morgan fingerprint density at radius 2 is 2.00 bits per heavy atom. The number of rotatable bonds is 3. The lowest BCUT2D eigenvalue weighted by atomic mass is 9.47. The Balaban J connectivity index is 1.25. The maximum Gasteiger partial charge on any atom is 0.223 e. The molecule has 0 aromatic carbocycles. The van der Waals surface area contributed by atoms with Gasteiger partial charge in [-0.2, -0.15) is 0 Å². The van der Waals surface area contributed by atoms with E-state index in [2.05, 4.69) is 14.8 Å². The maximum absolute atomic E-state index is 13.1. The molecule has 142 valence electrons. The average Bonchev–Trinajstić information content (AvgIpc) is 2.96. The first-order valence-corrected chi connectivity index (χ1v) is 11.1. The van der Waals surface area contributed by atoms with Gasteiger partial charge in [-0.15, -0.1) is 11.3 Å². The Labute approximate surface area is 159 Å². The first-order chi connectivity index (χ1) is 12.5. The molecule has 6 rings (SSSR count). The van der Waals surface area contributed by atoms with Crippen LogP contribution in [0.25, 0.3) is 0 Å². The van der Waals surface area contributed by atoms with Crippen molar-refractivity contribution in [2.24, 2.45) is 17.3 Å². The number of aliphatic hydroxyl groups is 1. The Morgan fingerprint density at radius 1 is 1.19 bits per heavy atom. The van der Waals surface area contributed by atoms with E-state index in [1.807, 2.05) is 11.6 Å². The van der Waals surface area contributed by atoms with Gasteiger partial charge in [-0.3, -0.25) is 4.79 Å². The van der Waals surface area contributed by atoms with E-state index in [0.717, 1.165) is 69.8 Å². The van der Waals surface area contributed by atoms with Gasteiger partial charge in [0.15, 0.2) is 5.13 Å². The molecule has 0 spiro atoms. The van der Waals surface area contributed by atoms with Crippen molar-refractivity contribution in [3.05, 3.63) is 11.6 Å². The van der Waals surface area contributed by atoms with E-state index in [9.17, 15) is 9.90 Å². The van der Waals surface area contributed by atoms with Gasteiger partial charge >= 0.3 is 0 Å². The minimum atomic E-state index is -0.467. The van der Waals surface area contributed by atoms with Crippen molar-refractivity contribution >= 4 is 22.4 Å². The van der Waals surface area contributed by atoms with Gasteiger partial charge in [0.05, 0.1) is 5.60 Å². The Morgan fingerprint density at radius 3 is 2.69 bits per heavy atom. The number of nitrogens with zero attached hydrogens (tertiary/aromatic N) is 3. The highest BCUT2D eigenvalue weighted by atomic mass is 32.1. The fourth-order valence-electron chi connectivity index (χ4n) is 6.77. The summed E-state index contributed by atoms with van der Waals surface area (Å²) in [7, 11) is 0. The van der Waals surface area contributed by atoms with Crippen molar-refractivity contribution in [3.63, 3.8) is 0 Å². The number of hydrogen-bond acceptors (Lipinski definition) is 5. The van der Waals surface area contributed by atoms with Gasteiger partial charge in [0, 0.05) is 44.2 Å². The van der Waals surface area contributed by atoms with Crippen molar-refractivity contribution in [2.75, 3.05) is 31.1 Å². The smallest absolute Gasteiger partial charge is 0.223 e. The summed E-state index contributed by atoms with van der Waals surface area (Å²) < 4.78 is 0. The molecule has 4 saturated carbocycles. The molecule has 2 unspecified atom stereocenters. The summed E-state index contributed by atoms with van der Waals surface area (Å²) in [5.41, 5.74) is -0.387. The molecule has 1 aromatic heterocycles.